The molecule has 4 nitrogen and oxygen atoms in total. The molecule has 0 aliphatic carbocycles. The molecule has 0 saturated heterocycles. The molecule has 2 radical (unpaired) electrons. The van der Waals surface area contributed by atoms with E-state index in [1.54, 1.807) is 19.9 Å². The highest BCUT2D eigenvalue weighted by Gasteiger charge is 2.47. The summed E-state index contributed by atoms with van der Waals surface area (Å²) in [5.74, 6) is -0.922. The average Bonchev–Trinajstić information content (AvgIpc) is 2.62. The van der Waals surface area contributed by atoms with Crippen molar-refractivity contribution >= 4 is 32.6 Å². The molecule has 0 unspecified atom stereocenters. The number of aliphatic carboxylic acids is 1. The minimum Gasteiger partial charge on any atom is -0.481 e. The van der Waals surface area contributed by atoms with Gasteiger partial charge in [-0.3, -0.25) is 4.79 Å². The molecule has 29 heavy (non-hydrogen) atoms. The third-order valence-electron chi connectivity index (χ3n) is 5.29. The molecule has 0 spiro atoms. The molecule has 2 rings (SSSR count). The first-order valence-electron chi connectivity index (χ1n) is 9.85. The van der Waals surface area contributed by atoms with Crippen molar-refractivity contribution in [3.8, 4) is 0 Å². The van der Waals surface area contributed by atoms with Crippen molar-refractivity contribution in [1.29, 1.82) is 0 Å². The predicted molar refractivity (Wildman–Crippen MR) is 120 cm³/mol. The van der Waals surface area contributed by atoms with Crippen LogP contribution in [0.2, 0.25) is 5.04 Å². The lowest BCUT2D eigenvalue weighted by Gasteiger charge is -2.40. The molecule has 2 atom stereocenters. The van der Waals surface area contributed by atoms with E-state index in [1.165, 1.54) is 0 Å². The van der Waals surface area contributed by atoms with Gasteiger partial charge in [0.25, 0.3) is 0 Å². The van der Waals surface area contributed by atoms with E-state index in [1.807, 2.05) is 56.3 Å². The SMILES string of the molecule is C[C@@H](O)c1ccc2ccc(C=C[C@@](C)(C(=O)O)C(C)(C)O[Si]C(C)(C)C)cc2c1. The van der Waals surface area contributed by atoms with Crippen molar-refractivity contribution < 1.29 is 19.4 Å². The van der Waals surface area contributed by atoms with Gasteiger partial charge < -0.3 is 14.6 Å². The third-order valence-corrected chi connectivity index (χ3v) is 6.51. The summed E-state index contributed by atoms with van der Waals surface area (Å²) >= 11 is 0. The number of hydrogen-bond donors (Lipinski definition) is 2. The summed E-state index contributed by atoms with van der Waals surface area (Å²) in [6.45, 7) is 13.3. The Morgan fingerprint density at radius 1 is 1.03 bits per heavy atom. The number of fused-ring (bicyclic) bond motifs is 1. The number of carbonyl (C=O) groups is 1. The Morgan fingerprint density at radius 2 is 1.66 bits per heavy atom. The fourth-order valence-electron chi connectivity index (χ4n) is 2.83. The minimum absolute atomic E-state index is 0.0275. The van der Waals surface area contributed by atoms with E-state index >= 15 is 0 Å². The Labute approximate surface area is 176 Å². The Morgan fingerprint density at radius 3 is 2.21 bits per heavy atom. The van der Waals surface area contributed by atoms with E-state index in [0.29, 0.717) is 0 Å². The van der Waals surface area contributed by atoms with Crippen molar-refractivity contribution in [3.63, 3.8) is 0 Å². The van der Waals surface area contributed by atoms with Crippen LogP contribution >= 0.6 is 0 Å². The number of rotatable bonds is 7. The van der Waals surface area contributed by atoms with Gasteiger partial charge in [-0.15, -0.1) is 0 Å². The lowest BCUT2D eigenvalue weighted by atomic mass is 9.75. The van der Waals surface area contributed by atoms with E-state index in [9.17, 15) is 15.0 Å². The summed E-state index contributed by atoms with van der Waals surface area (Å²) in [6, 6.07) is 11.8. The van der Waals surface area contributed by atoms with Crippen LogP contribution in [0.3, 0.4) is 0 Å². The third kappa shape index (κ3) is 5.56. The van der Waals surface area contributed by atoms with Crippen LogP contribution in [-0.4, -0.2) is 31.5 Å². The molecule has 0 saturated carbocycles. The van der Waals surface area contributed by atoms with Crippen molar-refractivity contribution in [3.05, 3.63) is 53.6 Å². The van der Waals surface area contributed by atoms with Gasteiger partial charge in [0.15, 0.2) is 0 Å². The molecular formula is C24H32O4Si. The average molecular weight is 413 g/mol. The van der Waals surface area contributed by atoms with E-state index in [2.05, 4.69) is 20.8 Å². The fourth-order valence-corrected chi connectivity index (χ4v) is 3.60. The highest BCUT2D eigenvalue weighted by Crippen LogP contribution is 2.38. The second kappa shape index (κ2) is 8.42. The molecule has 0 aliphatic heterocycles. The van der Waals surface area contributed by atoms with E-state index in [-0.39, 0.29) is 14.8 Å². The number of hydrogen-bond acceptors (Lipinski definition) is 3. The predicted octanol–water partition coefficient (Wildman–Crippen LogP) is 5.63. The molecule has 0 amide bonds. The van der Waals surface area contributed by atoms with Crippen LogP contribution in [-0.2, 0) is 9.22 Å². The second-order valence-electron chi connectivity index (χ2n) is 9.35. The monoisotopic (exact) mass is 412 g/mol. The van der Waals surface area contributed by atoms with Gasteiger partial charge in [0.1, 0.15) is 5.41 Å². The molecular weight excluding hydrogens is 380 g/mol. The molecule has 2 N–H and O–H groups in total. The highest BCUT2D eigenvalue weighted by atomic mass is 28.2. The van der Waals surface area contributed by atoms with E-state index in [4.69, 9.17) is 4.43 Å². The molecule has 2 aromatic carbocycles. The molecule has 156 valence electrons. The van der Waals surface area contributed by atoms with Crippen LogP contribution in [0.5, 0.6) is 0 Å². The Bertz CT molecular complexity index is 909. The number of carboxylic acids is 1. The van der Waals surface area contributed by atoms with Crippen molar-refractivity contribution in [2.24, 2.45) is 5.41 Å². The summed E-state index contributed by atoms with van der Waals surface area (Å²) in [6.07, 6.45) is 3.03. The molecule has 0 aliphatic rings. The highest BCUT2D eigenvalue weighted by molar-refractivity contribution is 6.31. The zero-order chi connectivity index (χ0) is 22.0. The number of aliphatic hydroxyl groups excluding tert-OH is 1. The van der Waals surface area contributed by atoms with Crippen LogP contribution in [0, 0.1) is 5.41 Å². The largest absolute Gasteiger partial charge is 0.481 e. The molecule has 5 heteroatoms. The van der Waals surface area contributed by atoms with Crippen LogP contribution < -0.4 is 0 Å². The van der Waals surface area contributed by atoms with E-state index < -0.39 is 23.1 Å². The van der Waals surface area contributed by atoms with Crippen LogP contribution in [0.15, 0.2) is 42.5 Å². The molecule has 0 bridgehead atoms. The maximum absolute atomic E-state index is 12.2. The number of benzene rings is 2. The van der Waals surface area contributed by atoms with Crippen LogP contribution in [0.25, 0.3) is 16.8 Å². The molecule has 0 heterocycles. The second-order valence-corrected chi connectivity index (χ2v) is 11.3. The van der Waals surface area contributed by atoms with Gasteiger partial charge >= 0.3 is 5.97 Å². The fraction of sp³-hybridized carbons (Fsp3) is 0.458. The normalized spacial score (nSPS) is 16.1. The van der Waals surface area contributed by atoms with Crippen LogP contribution in [0.4, 0.5) is 0 Å². The quantitative estimate of drug-likeness (QED) is 0.578. The van der Waals surface area contributed by atoms with Gasteiger partial charge in [0.2, 0.25) is 9.76 Å². The number of aliphatic hydroxyl groups is 1. The molecule has 0 fully saturated rings. The van der Waals surface area contributed by atoms with Crippen molar-refractivity contribution in [2.45, 2.75) is 65.2 Å². The van der Waals surface area contributed by atoms with Gasteiger partial charge in [-0.2, -0.15) is 0 Å². The molecule has 2 aromatic rings. The van der Waals surface area contributed by atoms with Gasteiger partial charge in [-0.1, -0.05) is 57.2 Å². The van der Waals surface area contributed by atoms with E-state index in [0.717, 1.165) is 21.9 Å². The summed E-state index contributed by atoms with van der Waals surface area (Å²) < 4.78 is 6.09. The van der Waals surface area contributed by atoms with Crippen molar-refractivity contribution in [2.75, 3.05) is 0 Å². The van der Waals surface area contributed by atoms with Crippen molar-refractivity contribution in [1.82, 2.24) is 0 Å². The Hall–Kier alpha value is -1.95. The van der Waals surface area contributed by atoms with Crippen LogP contribution in [0.1, 0.15) is 65.7 Å². The smallest absolute Gasteiger partial charge is 0.316 e. The first kappa shape index (κ1) is 23.3. The van der Waals surface area contributed by atoms with Gasteiger partial charge in [-0.05, 0) is 66.8 Å². The Kier molecular flexibility index (Phi) is 6.77. The maximum atomic E-state index is 12.2. The standard InChI is InChI=1S/C24H32O4Si/c1-16(25)19-11-10-18-9-8-17(14-20(18)15-19)12-13-24(7,21(26)27)23(5,6)28-29-22(2,3)4/h8-16,25H,1-7H3,(H,26,27)/t16-,24+/m1/s1. The zero-order valence-corrected chi connectivity index (χ0v) is 19.4. The Balaban J connectivity index is 2.37. The molecule has 0 aromatic heterocycles. The maximum Gasteiger partial charge on any atom is 0.316 e. The summed E-state index contributed by atoms with van der Waals surface area (Å²) in [5, 5.41) is 21.9. The lowest BCUT2D eigenvalue weighted by Crippen LogP contribution is -2.49. The zero-order valence-electron chi connectivity index (χ0n) is 18.4. The van der Waals surface area contributed by atoms with Gasteiger partial charge in [-0.25, -0.2) is 0 Å². The lowest BCUT2D eigenvalue weighted by molar-refractivity contribution is -0.154. The topological polar surface area (TPSA) is 66.8 Å². The summed E-state index contributed by atoms with van der Waals surface area (Å²) in [4.78, 5) is 12.2. The van der Waals surface area contributed by atoms with Gasteiger partial charge in [0, 0.05) is 0 Å². The van der Waals surface area contributed by atoms with Gasteiger partial charge in [0.05, 0.1) is 11.7 Å². The first-order valence-corrected chi connectivity index (χ1v) is 10.8. The first-order chi connectivity index (χ1) is 13.2. The summed E-state index contributed by atoms with van der Waals surface area (Å²) in [7, 11) is 0.192. The number of carboxylic acid groups (broad SMARTS) is 1. The minimum atomic E-state index is -1.19. The summed E-state index contributed by atoms with van der Waals surface area (Å²) in [5.41, 5.74) is -0.313.